The molecule has 0 radical (unpaired) electrons. The lowest BCUT2D eigenvalue weighted by Gasteiger charge is -2.43. The van der Waals surface area contributed by atoms with Crippen molar-refractivity contribution in [1.29, 1.82) is 0 Å². The zero-order valence-corrected chi connectivity index (χ0v) is 16.1. The van der Waals surface area contributed by atoms with Crippen LogP contribution in [0.15, 0.2) is 29.2 Å². The average Bonchev–Trinajstić information content (AvgIpc) is 2.62. The van der Waals surface area contributed by atoms with Gasteiger partial charge in [0.1, 0.15) is 12.2 Å². The lowest BCUT2D eigenvalue weighted by Crippen LogP contribution is -2.60. The van der Waals surface area contributed by atoms with E-state index in [0.29, 0.717) is 0 Å². The number of carbonyl (C=O) groups is 1. The van der Waals surface area contributed by atoms with Gasteiger partial charge in [-0.25, -0.2) is 4.79 Å². The monoisotopic (exact) mass is 420 g/mol. The number of carboxylic acid groups (broad SMARTS) is 1. The number of aliphatic hydroxyl groups excluding tert-OH is 3. The molecular formula is C17H24O10S. The number of hydrogen-bond acceptors (Lipinski definition) is 9. The maximum Gasteiger partial charge on any atom is 0.364 e. The van der Waals surface area contributed by atoms with Gasteiger partial charge in [0, 0.05) is 12.3 Å². The van der Waals surface area contributed by atoms with Crippen LogP contribution in [0, 0.1) is 12.8 Å². The summed E-state index contributed by atoms with van der Waals surface area (Å²) in [5.74, 6) is -5.35. The molecule has 1 unspecified atom stereocenters. The van der Waals surface area contributed by atoms with E-state index >= 15 is 0 Å². The summed E-state index contributed by atoms with van der Waals surface area (Å²) in [4.78, 5) is 11.0. The summed E-state index contributed by atoms with van der Waals surface area (Å²) in [7, 11) is -4.20. The Balaban J connectivity index is 2.07. The quantitative estimate of drug-likeness (QED) is 0.344. The summed E-state index contributed by atoms with van der Waals surface area (Å²) in [6, 6.07) is 5.77. The topological polar surface area (TPSA) is 171 Å². The van der Waals surface area contributed by atoms with Gasteiger partial charge in [-0.05, 0) is 19.1 Å². The Kier molecular flexibility index (Phi) is 6.82. The van der Waals surface area contributed by atoms with E-state index < -0.39 is 65.2 Å². The fraction of sp³-hybridized carbons (Fsp3) is 0.588. The zero-order valence-electron chi connectivity index (χ0n) is 15.3. The predicted octanol–water partition coefficient (Wildman–Crippen LogP) is -1.02. The van der Waals surface area contributed by atoms with Crippen LogP contribution in [0.3, 0.4) is 0 Å². The highest BCUT2D eigenvalue weighted by atomic mass is 32.2. The van der Waals surface area contributed by atoms with Gasteiger partial charge in [-0.1, -0.05) is 24.6 Å². The Morgan fingerprint density at radius 1 is 1.32 bits per heavy atom. The molecule has 1 aromatic carbocycles. The highest BCUT2D eigenvalue weighted by molar-refractivity contribution is 7.86. The first-order valence-corrected chi connectivity index (χ1v) is 9.92. The van der Waals surface area contributed by atoms with Crippen LogP contribution >= 0.6 is 0 Å². The second kappa shape index (κ2) is 8.41. The molecule has 6 atom stereocenters. The van der Waals surface area contributed by atoms with Crippen molar-refractivity contribution in [2.75, 3.05) is 6.61 Å². The molecule has 28 heavy (non-hydrogen) atoms. The number of aliphatic hydroxyl groups is 4. The molecular weight excluding hydrogens is 396 g/mol. The van der Waals surface area contributed by atoms with Gasteiger partial charge in [-0.15, -0.1) is 0 Å². The van der Waals surface area contributed by atoms with E-state index in [0.717, 1.165) is 5.56 Å². The zero-order chi connectivity index (χ0) is 21.3. The second-order valence-electron chi connectivity index (χ2n) is 6.91. The van der Waals surface area contributed by atoms with Gasteiger partial charge >= 0.3 is 5.97 Å². The molecule has 1 heterocycles. The summed E-state index contributed by atoms with van der Waals surface area (Å²) in [5.41, 5.74) is 0.835. The third-order valence-corrected chi connectivity index (χ3v) is 6.01. The number of rotatable bonds is 7. The minimum atomic E-state index is -4.20. The molecule has 2 rings (SSSR count). The van der Waals surface area contributed by atoms with Crippen molar-refractivity contribution < 1.29 is 47.7 Å². The van der Waals surface area contributed by atoms with Crippen LogP contribution in [0.5, 0.6) is 0 Å². The largest absolute Gasteiger partial charge is 0.477 e. The minimum absolute atomic E-state index is 0.141. The highest BCUT2D eigenvalue weighted by Gasteiger charge is 2.52. The first kappa shape index (κ1) is 22.7. The lowest BCUT2D eigenvalue weighted by molar-refractivity contribution is -0.302. The van der Waals surface area contributed by atoms with Crippen LogP contribution in [0.4, 0.5) is 0 Å². The number of ether oxygens (including phenoxy) is 1. The van der Waals surface area contributed by atoms with E-state index in [4.69, 9.17) is 14.0 Å². The first-order valence-electron chi connectivity index (χ1n) is 8.51. The Hall–Kier alpha value is -1.60. The first-order chi connectivity index (χ1) is 12.9. The lowest BCUT2D eigenvalue weighted by atomic mass is 9.85. The summed E-state index contributed by atoms with van der Waals surface area (Å²) in [6.07, 6.45) is -7.06. The van der Waals surface area contributed by atoms with E-state index in [1.807, 2.05) is 0 Å². The SMILES string of the molecule is Cc1ccc(S(=O)(=O)OC[C@@H](O)[C@@H](O)C2O[C@](O)(C(=O)O)C[C@@H](O)[C@H]2C)cc1. The van der Waals surface area contributed by atoms with Crippen molar-refractivity contribution in [1.82, 2.24) is 0 Å². The van der Waals surface area contributed by atoms with Gasteiger partial charge in [0.05, 0.1) is 23.7 Å². The van der Waals surface area contributed by atoms with E-state index in [1.54, 1.807) is 19.1 Å². The minimum Gasteiger partial charge on any atom is -0.477 e. The van der Waals surface area contributed by atoms with Crippen LogP contribution in [0.25, 0.3) is 0 Å². The fourth-order valence-corrected chi connectivity index (χ4v) is 3.76. The van der Waals surface area contributed by atoms with Crippen LogP contribution in [0.2, 0.25) is 0 Å². The molecule has 0 amide bonds. The summed E-state index contributed by atoms with van der Waals surface area (Å²) >= 11 is 0. The van der Waals surface area contributed by atoms with Gasteiger partial charge < -0.3 is 30.3 Å². The average molecular weight is 420 g/mol. The van der Waals surface area contributed by atoms with Gasteiger partial charge in [0.15, 0.2) is 0 Å². The molecule has 0 spiro atoms. The molecule has 0 aromatic heterocycles. The van der Waals surface area contributed by atoms with Gasteiger partial charge in [0.2, 0.25) is 0 Å². The molecule has 1 aromatic rings. The molecule has 0 saturated carbocycles. The van der Waals surface area contributed by atoms with E-state index in [9.17, 15) is 33.6 Å². The van der Waals surface area contributed by atoms with Crippen molar-refractivity contribution in [2.24, 2.45) is 5.92 Å². The molecule has 11 heteroatoms. The Morgan fingerprint density at radius 2 is 1.89 bits per heavy atom. The Bertz CT molecular complexity index is 793. The van der Waals surface area contributed by atoms with Crippen molar-refractivity contribution in [3.63, 3.8) is 0 Å². The van der Waals surface area contributed by atoms with Crippen molar-refractivity contribution in [2.45, 2.75) is 55.4 Å². The maximum absolute atomic E-state index is 12.2. The third-order valence-electron chi connectivity index (χ3n) is 4.71. The fourth-order valence-electron chi connectivity index (χ4n) is 2.84. The summed E-state index contributed by atoms with van der Waals surface area (Å²) < 4.78 is 34.1. The van der Waals surface area contributed by atoms with Crippen molar-refractivity contribution >= 4 is 16.1 Å². The molecule has 1 aliphatic heterocycles. The Labute approximate surface area is 162 Å². The molecule has 1 fully saturated rings. The summed E-state index contributed by atoms with van der Waals surface area (Å²) in [5, 5.41) is 49.4. The molecule has 1 saturated heterocycles. The van der Waals surface area contributed by atoms with Gasteiger partial charge in [-0.2, -0.15) is 8.42 Å². The number of aryl methyl sites for hydroxylation is 1. The molecule has 1 aliphatic rings. The molecule has 158 valence electrons. The van der Waals surface area contributed by atoms with Crippen molar-refractivity contribution in [3.8, 4) is 0 Å². The van der Waals surface area contributed by atoms with Crippen LogP contribution in [0.1, 0.15) is 18.9 Å². The predicted molar refractivity (Wildman–Crippen MR) is 93.6 cm³/mol. The van der Waals surface area contributed by atoms with Crippen molar-refractivity contribution in [3.05, 3.63) is 29.8 Å². The smallest absolute Gasteiger partial charge is 0.364 e. The molecule has 5 N–H and O–H groups in total. The van der Waals surface area contributed by atoms with Crippen LogP contribution in [-0.4, -0.2) is 76.7 Å². The number of benzene rings is 1. The van der Waals surface area contributed by atoms with Crippen LogP contribution in [-0.2, 0) is 23.8 Å². The second-order valence-corrected chi connectivity index (χ2v) is 8.53. The third kappa shape index (κ3) is 4.87. The maximum atomic E-state index is 12.2. The summed E-state index contributed by atoms with van der Waals surface area (Å²) in [6.45, 7) is 2.36. The number of carboxylic acids is 1. The van der Waals surface area contributed by atoms with Crippen LogP contribution < -0.4 is 0 Å². The standard InChI is InChI=1S/C17H24O10S/c1-9-3-5-11(6-4-9)28(24,25)26-8-13(19)14(20)15-10(2)12(18)7-17(23,27-15)16(21)22/h3-6,10,12-15,18-20,23H,7-8H2,1-2H3,(H,21,22)/t10-,12-,13-,14-,15?,17+/m1/s1. The molecule has 0 aliphatic carbocycles. The van der Waals surface area contributed by atoms with Gasteiger partial charge in [-0.3, -0.25) is 4.18 Å². The Morgan fingerprint density at radius 3 is 2.43 bits per heavy atom. The van der Waals surface area contributed by atoms with E-state index in [2.05, 4.69) is 0 Å². The van der Waals surface area contributed by atoms with E-state index in [-0.39, 0.29) is 4.90 Å². The number of aliphatic carboxylic acids is 1. The highest BCUT2D eigenvalue weighted by Crippen LogP contribution is 2.34. The normalized spacial score (nSPS) is 30.6. The molecule has 10 nitrogen and oxygen atoms in total. The number of hydrogen-bond donors (Lipinski definition) is 5. The molecule has 0 bridgehead atoms. The van der Waals surface area contributed by atoms with Gasteiger partial charge in [0.25, 0.3) is 15.9 Å². The van der Waals surface area contributed by atoms with E-state index in [1.165, 1.54) is 19.1 Å².